The molecule has 0 aromatic carbocycles. The Balaban J connectivity index is 2.58. The van der Waals surface area contributed by atoms with Crippen molar-refractivity contribution in [2.24, 2.45) is 7.05 Å². The van der Waals surface area contributed by atoms with Gasteiger partial charge >= 0.3 is 0 Å². The lowest BCUT2D eigenvalue weighted by molar-refractivity contribution is 0.162. The van der Waals surface area contributed by atoms with Crippen LogP contribution in [0.25, 0.3) is 0 Å². The Morgan fingerprint density at radius 1 is 1.53 bits per heavy atom. The molecule has 98 valence electrons. The van der Waals surface area contributed by atoms with Crippen LogP contribution in [0.5, 0.6) is 0 Å². The molecular formula is C12H21ClN2OS. The van der Waals surface area contributed by atoms with E-state index in [4.69, 9.17) is 11.6 Å². The molecule has 1 unspecified atom stereocenters. The molecule has 1 aromatic rings. The largest absolute Gasteiger partial charge is 0.393 e. The zero-order valence-corrected chi connectivity index (χ0v) is 12.3. The predicted octanol–water partition coefficient (Wildman–Crippen LogP) is 2.68. The van der Waals surface area contributed by atoms with Gasteiger partial charge in [0, 0.05) is 13.5 Å². The lowest BCUT2D eigenvalue weighted by Gasteiger charge is -2.10. The summed E-state index contributed by atoms with van der Waals surface area (Å²) in [7, 11) is 1.88. The van der Waals surface area contributed by atoms with Gasteiger partial charge in [-0.15, -0.1) is 0 Å². The molecule has 1 rings (SSSR count). The molecule has 1 aromatic heterocycles. The molecule has 0 aliphatic rings. The average Bonchev–Trinajstić information content (AvgIpc) is 2.57. The summed E-state index contributed by atoms with van der Waals surface area (Å²) in [6, 6.07) is 0. The highest BCUT2D eigenvalue weighted by molar-refractivity contribution is 7.98. The monoisotopic (exact) mass is 276 g/mol. The lowest BCUT2D eigenvalue weighted by atomic mass is 10.1. The van der Waals surface area contributed by atoms with Gasteiger partial charge in [-0.05, 0) is 31.3 Å². The Morgan fingerprint density at radius 2 is 2.24 bits per heavy atom. The number of thioether (sulfide) groups is 1. The summed E-state index contributed by atoms with van der Waals surface area (Å²) >= 11 is 8.05. The van der Waals surface area contributed by atoms with Gasteiger partial charge in [0.15, 0.2) is 0 Å². The van der Waals surface area contributed by atoms with E-state index in [0.717, 1.165) is 41.4 Å². The van der Waals surface area contributed by atoms with Crippen LogP contribution in [-0.4, -0.2) is 33.0 Å². The molecule has 3 nitrogen and oxygen atoms in total. The SMILES string of the molecule is CCc1nn(C)c(CC(O)CCCSC)c1Cl. The van der Waals surface area contributed by atoms with E-state index in [2.05, 4.69) is 11.4 Å². The molecule has 0 radical (unpaired) electrons. The number of hydrogen-bond donors (Lipinski definition) is 1. The smallest absolute Gasteiger partial charge is 0.0850 e. The van der Waals surface area contributed by atoms with Gasteiger partial charge in [-0.25, -0.2) is 0 Å². The zero-order valence-electron chi connectivity index (χ0n) is 10.7. The number of rotatable bonds is 7. The van der Waals surface area contributed by atoms with Crippen LogP contribution in [0.15, 0.2) is 0 Å². The molecule has 0 saturated carbocycles. The second-order valence-corrected chi connectivity index (χ2v) is 5.54. The molecule has 0 saturated heterocycles. The number of aliphatic hydroxyl groups is 1. The van der Waals surface area contributed by atoms with Gasteiger partial charge < -0.3 is 5.11 Å². The van der Waals surface area contributed by atoms with Crippen LogP contribution in [0.4, 0.5) is 0 Å². The van der Waals surface area contributed by atoms with Crippen molar-refractivity contribution in [2.75, 3.05) is 12.0 Å². The molecule has 1 N–H and O–H groups in total. The first kappa shape index (κ1) is 14.9. The standard InChI is InChI=1S/C12H21ClN2OS/c1-4-10-12(13)11(15(2)14-10)8-9(16)6-5-7-17-3/h9,16H,4-8H2,1-3H3. The molecule has 1 heterocycles. The van der Waals surface area contributed by atoms with Crippen LogP contribution in [0.1, 0.15) is 31.2 Å². The first-order chi connectivity index (χ1) is 8.10. The second kappa shape index (κ2) is 7.29. The normalized spacial score (nSPS) is 13.0. The molecule has 5 heteroatoms. The maximum absolute atomic E-state index is 9.95. The second-order valence-electron chi connectivity index (χ2n) is 4.18. The van der Waals surface area contributed by atoms with Gasteiger partial charge in [0.25, 0.3) is 0 Å². The summed E-state index contributed by atoms with van der Waals surface area (Å²) < 4.78 is 1.79. The Labute approximate surface area is 113 Å². The van der Waals surface area contributed by atoms with E-state index in [1.165, 1.54) is 0 Å². The molecule has 0 spiro atoms. The minimum atomic E-state index is -0.320. The van der Waals surface area contributed by atoms with Crippen molar-refractivity contribution in [3.8, 4) is 0 Å². The summed E-state index contributed by atoms with van der Waals surface area (Å²) in [6.45, 7) is 2.03. The van der Waals surface area contributed by atoms with E-state index >= 15 is 0 Å². The van der Waals surface area contributed by atoms with E-state index < -0.39 is 0 Å². The first-order valence-corrected chi connectivity index (χ1v) is 7.74. The van der Waals surface area contributed by atoms with Gasteiger partial charge in [0.05, 0.1) is 22.5 Å². The Bertz CT molecular complexity index is 355. The van der Waals surface area contributed by atoms with E-state index in [0.29, 0.717) is 6.42 Å². The number of nitrogens with zero attached hydrogens (tertiary/aromatic N) is 2. The number of hydrogen-bond acceptors (Lipinski definition) is 3. The van der Waals surface area contributed by atoms with Crippen molar-refractivity contribution in [2.45, 2.75) is 38.7 Å². The third kappa shape index (κ3) is 4.19. The average molecular weight is 277 g/mol. The van der Waals surface area contributed by atoms with Gasteiger partial charge in [-0.2, -0.15) is 16.9 Å². The van der Waals surface area contributed by atoms with E-state index in [1.54, 1.807) is 4.68 Å². The van der Waals surface area contributed by atoms with Crippen LogP contribution in [0, 0.1) is 0 Å². The Morgan fingerprint density at radius 3 is 2.76 bits per heavy atom. The molecule has 0 bridgehead atoms. The summed E-state index contributed by atoms with van der Waals surface area (Å²) in [5.74, 6) is 1.09. The fraction of sp³-hybridized carbons (Fsp3) is 0.750. The molecule has 17 heavy (non-hydrogen) atoms. The minimum Gasteiger partial charge on any atom is -0.393 e. The fourth-order valence-corrected chi connectivity index (χ4v) is 2.66. The zero-order chi connectivity index (χ0) is 12.8. The molecule has 0 aliphatic heterocycles. The maximum Gasteiger partial charge on any atom is 0.0850 e. The highest BCUT2D eigenvalue weighted by Gasteiger charge is 2.16. The van der Waals surface area contributed by atoms with E-state index in [1.807, 2.05) is 25.7 Å². The molecule has 1 atom stereocenters. The number of aliphatic hydroxyl groups excluding tert-OH is 1. The fourth-order valence-electron chi connectivity index (χ4n) is 1.83. The highest BCUT2D eigenvalue weighted by Crippen LogP contribution is 2.22. The molecular weight excluding hydrogens is 256 g/mol. The topological polar surface area (TPSA) is 38.0 Å². The third-order valence-electron chi connectivity index (χ3n) is 2.82. The quantitative estimate of drug-likeness (QED) is 0.778. The number of aromatic nitrogens is 2. The number of halogens is 1. The summed E-state index contributed by atoms with van der Waals surface area (Å²) in [5.41, 5.74) is 1.86. The summed E-state index contributed by atoms with van der Waals surface area (Å²) in [4.78, 5) is 0. The van der Waals surface area contributed by atoms with Crippen LogP contribution >= 0.6 is 23.4 Å². The van der Waals surface area contributed by atoms with E-state index in [9.17, 15) is 5.11 Å². The van der Waals surface area contributed by atoms with Gasteiger partial charge in [0.1, 0.15) is 0 Å². The van der Waals surface area contributed by atoms with Crippen molar-refractivity contribution < 1.29 is 5.11 Å². The third-order valence-corrected chi connectivity index (χ3v) is 3.95. The number of aryl methyl sites for hydroxylation is 2. The Hall–Kier alpha value is -0.190. The minimum absolute atomic E-state index is 0.320. The van der Waals surface area contributed by atoms with Gasteiger partial charge in [0.2, 0.25) is 0 Å². The lowest BCUT2D eigenvalue weighted by Crippen LogP contribution is -2.13. The summed E-state index contributed by atoms with van der Waals surface area (Å²) in [5, 5.41) is 15.0. The Kier molecular flexibility index (Phi) is 6.38. The van der Waals surface area contributed by atoms with Crippen LogP contribution in [-0.2, 0) is 19.9 Å². The van der Waals surface area contributed by atoms with Crippen molar-refractivity contribution >= 4 is 23.4 Å². The first-order valence-electron chi connectivity index (χ1n) is 5.97. The summed E-state index contributed by atoms with van der Waals surface area (Å²) in [6.07, 6.45) is 5.05. The molecule has 0 fully saturated rings. The van der Waals surface area contributed by atoms with Crippen LogP contribution in [0.2, 0.25) is 5.02 Å². The van der Waals surface area contributed by atoms with Crippen LogP contribution < -0.4 is 0 Å². The van der Waals surface area contributed by atoms with Crippen molar-refractivity contribution in [1.29, 1.82) is 0 Å². The van der Waals surface area contributed by atoms with Crippen molar-refractivity contribution in [3.05, 3.63) is 16.4 Å². The van der Waals surface area contributed by atoms with E-state index in [-0.39, 0.29) is 6.10 Å². The molecule has 0 aliphatic carbocycles. The molecule has 0 amide bonds. The van der Waals surface area contributed by atoms with Crippen molar-refractivity contribution in [1.82, 2.24) is 9.78 Å². The van der Waals surface area contributed by atoms with Crippen LogP contribution in [0.3, 0.4) is 0 Å². The van der Waals surface area contributed by atoms with Gasteiger partial charge in [-0.3, -0.25) is 4.68 Å². The maximum atomic E-state index is 9.95. The van der Waals surface area contributed by atoms with Crippen molar-refractivity contribution in [3.63, 3.8) is 0 Å². The highest BCUT2D eigenvalue weighted by atomic mass is 35.5. The van der Waals surface area contributed by atoms with Gasteiger partial charge in [-0.1, -0.05) is 18.5 Å². The predicted molar refractivity (Wildman–Crippen MR) is 74.9 cm³/mol.